The zero-order valence-corrected chi connectivity index (χ0v) is 14.0. The number of esters is 1. The Morgan fingerprint density at radius 1 is 1.04 bits per heavy atom. The molecule has 1 amide bonds. The number of hydrogen-bond donors (Lipinski definition) is 7. The average molecular weight is 368 g/mol. The molecule has 0 bridgehead atoms. The Morgan fingerprint density at radius 2 is 1.54 bits per heavy atom. The van der Waals surface area contributed by atoms with E-state index >= 15 is 0 Å². The molecule has 0 heterocycles. The van der Waals surface area contributed by atoms with E-state index in [1.54, 1.807) is 0 Å². The van der Waals surface area contributed by atoms with Crippen molar-refractivity contribution in [2.24, 2.45) is 22.9 Å². The highest BCUT2D eigenvalue weighted by atomic mass is 32.1. The highest BCUT2D eigenvalue weighted by Crippen LogP contribution is 2.02. The van der Waals surface area contributed by atoms with Crippen LogP contribution >= 0.6 is 12.6 Å². The molecular weight excluding hydrogens is 344 g/mol. The summed E-state index contributed by atoms with van der Waals surface area (Å²) in [4.78, 5) is 42.1. The molecule has 0 aromatic rings. The van der Waals surface area contributed by atoms with Gasteiger partial charge < -0.3 is 37.9 Å². The number of carboxylic acids is 2. The average Bonchev–Trinajstić information content (AvgIpc) is 2.50. The largest absolute Gasteiger partial charge is 0.480 e. The smallest absolute Gasteiger partial charge is 0.324 e. The second-order valence-corrected chi connectivity index (χ2v) is 5.11. The van der Waals surface area contributed by atoms with Gasteiger partial charge in [0.2, 0.25) is 5.91 Å². The second-order valence-electron chi connectivity index (χ2n) is 4.74. The summed E-state index contributed by atoms with van der Waals surface area (Å²) >= 11 is 3.65. The molecule has 24 heavy (non-hydrogen) atoms. The number of rotatable bonds is 9. The second kappa shape index (κ2) is 12.5. The number of aliphatic carboxylic acids is 2. The van der Waals surface area contributed by atoms with Crippen LogP contribution in [0.4, 0.5) is 0 Å². The highest BCUT2D eigenvalue weighted by molar-refractivity contribution is 7.80. The van der Waals surface area contributed by atoms with Crippen molar-refractivity contribution in [3.63, 3.8) is 0 Å². The predicted octanol–water partition coefficient (Wildman–Crippen LogP) is -2.75. The Morgan fingerprint density at radius 3 is 1.83 bits per heavy atom. The van der Waals surface area contributed by atoms with Gasteiger partial charge in [0.15, 0.2) is 0 Å². The van der Waals surface area contributed by atoms with E-state index < -0.39 is 48.0 Å². The lowest BCUT2D eigenvalue weighted by molar-refractivity contribution is -0.155. The van der Waals surface area contributed by atoms with Gasteiger partial charge in [0.25, 0.3) is 0 Å². The molecule has 0 aromatic carbocycles. The molecule has 0 spiro atoms. The fourth-order valence-electron chi connectivity index (χ4n) is 1.04. The number of carbonyl (C=O) groups excluding carboxylic acids is 2. The molecule has 12 heteroatoms. The van der Waals surface area contributed by atoms with Crippen LogP contribution in [0.1, 0.15) is 19.8 Å². The monoisotopic (exact) mass is 368 g/mol. The summed E-state index contributed by atoms with van der Waals surface area (Å²) in [5, 5.41) is 16.6. The number of primary amides is 1. The minimum Gasteiger partial charge on any atom is -0.480 e. The van der Waals surface area contributed by atoms with Crippen LogP contribution in [0.5, 0.6) is 0 Å². The van der Waals surface area contributed by atoms with Crippen molar-refractivity contribution in [2.45, 2.75) is 44.0 Å². The van der Waals surface area contributed by atoms with E-state index in [-0.39, 0.29) is 18.6 Å². The zero-order chi connectivity index (χ0) is 19.4. The number of carbonyl (C=O) groups is 4. The number of carboxylic acid groups (broad SMARTS) is 2. The molecule has 10 N–H and O–H groups in total. The Bertz CT molecular complexity index is 449. The Balaban J connectivity index is 0. The Kier molecular flexibility index (Phi) is 12.7. The lowest BCUT2D eigenvalue weighted by Gasteiger charge is -2.19. The minimum atomic E-state index is -1.32. The summed E-state index contributed by atoms with van der Waals surface area (Å²) in [6, 6.07) is -3.16. The van der Waals surface area contributed by atoms with Crippen molar-refractivity contribution in [3.8, 4) is 0 Å². The van der Waals surface area contributed by atoms with Crippen LogP contribution < -0.4 is 22.9 Å². The van der Waals surface area contributed by atoms with Crippen LogP contribution in [0.15, 0.2) is 0 Å². The van der Waals surface area contributed by atoms with E-state index in [1.807, 2.05) is 0 Å². The summed E-state index contributed by atoms with van der Waals surface area (Å²) in [6.07, 6.45) is -1.00. The molecule has 0 rings (SSSR count). The molecule has 0 radical (unpaired) electrons. The third kappa shape index (κ3) is 11.6. The number of hydrogen-bond acceptors (Lipinski definition) is 9. The maximum atomic E-state index is 11.3. The van der Waals surface area contributed by atoms with Crippen molar-refractivity contribution in [3.05, 3.63) is 0 Å². The van der Waals surface area contributed by atoms with Gasteiger partial charge in [-0.05, 0) is 13.3 Å². The van der Waals surface area contributed by atoms with Crippen molar-refractivity contribution < 1.29 is 34.1 Å². The summed E-state index contributed by atoms with van der Waals surface area (Å²) in [6.45, 7) is 1.34. The van der Waals surface area contributed by atoms with E-state index in [2.05, 4.69) is 12.6 Å². The molecule has 140 valence electrons. The van der Waals surface area contributed by atoms with Crippen LogP contribution in [0.2, 0.25) is 0 Å². The predicted molar refractivity (Wildman–Crippen MR) is 87.0 cm³/mol. The molecule has 0 saturated carbocycles. The maximum absolute atomic E-state index is 11.3. The lowest BCUT2D eigenvalue weighted by atomic mass is 10.1. The van der Waals surface area contributed by atoms with E-state index in [0.29, 0.717) is 0 Å². The first-order chi connectivity index (χ1) is 10.9. The van der Waals surface area contributed by atoms with Crippen LogP contribution in [0.3, 0.4) is 0 Å². The first kappa shape index (κ1) is 24.4. The van der Waals surface area contributed by atoms with Gasteiger partial charge in [0, 0.05) is 12.2 Å². The van der Waals surface area contributed by atoms with Gasteiger partial charge >= 0.3 is 17.9 Å². The molecule has 0 aromatic heterocycles. The zero-order valence-electron chi connectivity index (χ0n) is 13.1. The fourth-order valence-corrected chi connectivity index (χ4v) is 1.19. The first-order valence-corrected chi connectivity index (χ1v) is 7.39. The summed E-state index contributed by atoms with van der Waals surface area (Å²) in [5.74, 6) is -3.49. The van der Waals surface area contributed by atoms with E-state index in [0.717, 1.165) is 0 Å². The molecule has 0 aliphatic heterocycles. The van der Waals surface area contributed by atoms with Gasteiger partial charge in [-0.25, -0.2) is 0 Å². The number of nitrogens with two attached hydrogens (primary N) is 4. The highest BCUT2D eigenvalue weighted by Gasteiger charge is 2.26. The van der Waals surface area contributed by atoms with Crippen LogP contribution in [0, 0.1) is 0 Å². The van der Waals surface area contributed by atoms with Crippen LogP contribution in [0.25, 0.3) is 0 Å². The van der Waals surface area contributed by atoms with Gasteiger partial charge in [-0.3, -0.25) is 19.2 Å². The van der Waals surface area contributed by atoms with E-state index in [4.69, 9.17) is 37.9 Å². The molecule has 0 aliphatic rings. The van der Waals surface area contributed by atoms with Crippen LogP contribution in [-0.2, 0) is 23.9 Å². The molecular formula is C12H24N4O7S. The molecule has 0 saturated heterocycles. The molecule has 11 nitrogen and oxygen atoms in total. The van der Waals surface area contributed by atoms with Crippen molar-refractivity contribution in [1.82, 2.24) is 0 Å². The first-order valence-electron chi connectivity index (χ1n) is 6.76. The third-order valence-electron chi connectivity index (χ3n) is 2.61. The van der Waals surface area contributed by atoms with Crippen molar-refractivity contribution in [2.75, 3.05) is 5.75 Å². The van der Waals surface area contributed by atoms with Gasteiger partial charge in [0.1, 0.15) is 24.2 Å². The maximum Gasteiger partial charge on any atom is 0.324 e. The summed E-state index contributed by atoms with van der Waals surface area (Å²) in [5.41, 5.74) is 20.5. The van der Waals surface area contributed by atoms with E-state index in [9.17, 15) is 19.2 Å². The van der Waals surface area contributed by atoms with Crippen molar-refractivity contribution in [1.29, 1.82) is 0 Å². The lowest BCUT2D eigenvalue weighted by Crippen LogP contribution is -2.45. The van der Waals surface area contributed by atoms with Gasteiger partial charge in [-0.2, -0.15) is 12.6 Å². The normalized spacial score (nSPS) is 15.0. The third-order valence-corrected chi connectivity index (χ3v) is 3.00. The Hall–Kier alpha value is -1.89. The van der Waals surface area contributed by atoms with E-state index in [1.165, 1.54) is 6.92 Å². The van der Waals surface area contributed by atoms with Gasteiger partial charge in [-0.1, -0.05) is 0 Å². The molecule has 0 unspecified atom stereocenters. The van der Waals surface area contributed by atoms with Gasteiger partial charge in [-0.15, -0.1) is 0 Å². The fraction of sp³-hybridized carbons (Fsp3) is 0.667. The number of amides is 1. The Labute approximate surface area is 144 Å². The van der Waals surface area contributed by atoms with Crippen molar-refractivity contribution >= 4 is 36.4 Å². The molecule has 0 fully saturated rings. The quantitative estimate of drug-likeness (QED) is 0.164. The standard InChI is InChI=1S/C9H17N3O5.C3H7NO2S/c1-4(7(12)8(14)15)17-9(16)5(10)2-3-6(11)13;4-2(1-7)3(5)6/h4-5,7H,2-3,10,12H2,1H3,(H2,11,13)(H,14,15);2,7H,1,4H2,(H,5,6)/t4-,5+,7+;2-/m10/s1. The SMILES string of the molecule is C[C@@H](OC(=O)[C@@H](N)CCC(N)=O)[C@H](N)C(=O)O.N[C@@H](CS)C(=O)O. The van der Waals surface area contributed by atoms with Gasteiger partial charge in [0.05, 0.1) is 0 Å². The molecule has 4 atom stereocenters. The molecule has 0 aliphatic carbocycles. The topological polar surface area (TPSA) is 222 Å². The minimum absolute atomic E-state index is 0.0448. The van der Waals surface area contributed by atoms with Crippen LogP contribution in [-0.4, -0.2) is 64.0 Å². The summed E-state index contributed by atoms with van der Waals surface area (Å²) in [7, 11) is 0. The summed E-state index contributed by atoms with van der Waals surface area (Å²) < 4.78 is 4.75. The number of thiol groups is 1. The number of ether oxygens (including phenoxy) is 1.